The third-order valence-corrected chi connectivity index (χ3v) is 10.1. The van der Waals surface area contributed by atoms with Crippen molar-refractivity contribution in [2.24, 2.45) is 0 Å². The minimum Gasteiger partial charge on any atom is -0.462 e. The van der Waals surface area contributed by atoms with Crippen LogP contribution < -0.4 is 0 Å². The second kappa shape index (κ2) is 33.6. The molecule has 0 aromatic carbocycles. The van der Waals surface area contributed by atoms with Gasteiger partial charge in [-0.05, 0) is 51.4 Å². The summed E-state index contributed by atoms with van der Waals surface area (Å²) in [6.45, 7) is 3.64. The molecule has 1 rings (SSSR count). The Kier molecular flexibility index (Phi) is 30.9. The standard InChI is InChI=1S/C43H74O12S/c1-3-5-7-9-11-13-15-16-17-18-19-20-22-24-26-28-30-32-39(45)54-36(33-52-38(44)31-29-27-25-23-21-14-12-10-8-6-4-2)34-53-43-42(48)41(47)40(46)37(55-43)35-56(49,50)51/h7,9,13,15,17-18,20,22,36-37,40-43,46-48H,3-6,8,10-12,14,16,19,21,23-35H2,1-2H3,(H,49,50,51)/b9-7+,15-13+,18-17+,22-20+/t36-,37-,40-,41?,42?,43+/m1/s1. The second-order valence-electron chi connectivity index (χ2n) is 14.7. The van der Waals surface area contributed by atoms with Crippen molar-refractivity contribution in [1.82, 2.24) is 0 Å². The highest BCUT2D eigenvalue weighted by Crippen LogP contribution is 2.24. The van der Waals surface area contributed by atoms with Gasteiger partial charge in [-0.15, -0.1) is 0 Å². The normalized spacial score (nSPS) is 21.1. The first-order valence-electron chi connectivity index (χ1n) is 21.2. The minimum absolute atomic E-state index is 0.126. The lowest BCUT2D eigenvalue weighted by atomic mass is 10.00. The van der Waals surface area contributed by atoms with Crippen molar-refractivity contribution in [1.29, 1.82) is 0 Å². The lowest BCUT2D eigenvalue weighted by Gasteiger charge is -2.40. The summed E-state index contributed by atoms with van der Waals surface area (Å²) in [5, 5.41) is 30.8. The zero-order valence-electron chi connectivity index (χ0n) is 34.2. The molecule has 0 amide bonds. The van der Waals surface area contributed by atoms with Gasteiger partial charge in [-0.3, -0.25) is 14.1 Å². The Labute approximate surface area is 337 Å². The van der Waals surface area contributed by atoms with Gasteiger partial charge in [-0.2, -0.15) is 8.42 Å². The quantitative estimate of drug-likeness (QED) is 0.0213. The molecule has 12 nitrogen and oxygen atoms in total. The molecule has 0 saturated carbocycles. The fraction of sp³-hybridized carbons (Fsp3) is 0.767. The van der Waals surface area contributed by atoms with Gasteiger partial charge in [0.15, 0.2) is 12.4 Å². The second-order valence-corrected chi connectivity index (χ2v) is 16.2. The summed E-state index contributed by atoms with van der Waals surface area (Å²) in [5.41, 5.74) is 0. The van der Waals surface area contributed by atoms with Gasteiger partial charge in [0.1, 0.15) is 36.8 Å². The minimum atomic E-state index is -4.60. The van der Waals surface area contributed by atoms with Crippen LogP contribution in [0.5, 0.6) is 0 Å². The summed E-state index contributed by atoms with van der Waals surface area (Å²) >= 11 is 0. The number of rotatable bonds is 34. The van der Waals surface area contributed by atoms with E-state index in [0.29, 0.717) is 12.8 Å². The van der Waals surface area contributed by atoms with E-state index >= 15 is 0 Å². The number of ether oxygens (including phenoxy) is 4. The van der Waals surface area contributed by atoms with Gasteiger partial charge >= 0.3 is 11.9 Å². The highest BCUT2D eigenvalue weighted by molar-refractivity contribution is 7.85. The molecule has 1 aliphatic heterocycles. The molecule has 56 heavy (non-hydrogen) atoms. The average Bonchev–Trinajstić information content (AvgIpc) is 3.16. The van der Waals surface area contributed by atoms with Crippen LogP contribution in [-0.4, -0.2) is 96.0 Å². The Morgan fingerprint density at radius 1 is 0.607 bits per heavy atom. The number of unbranched alkanes of at least 4 members (excludes halogenated alkanes) is 14. The van der Waals surface area contributed by atoms with E-state index in [1.807, 2.05) is 0 Å². The van der Waals surface area contributed by atoms with Crippen molar-refractivity contribution >= 4 is 22.1 Å². The molecule has 0 bridgehead atoms. The lowest BCUT2D eigenvalue weighted by Crippen LogP contribution is -2.60. The summed E-state index contributed by atoms with van der Waals surface area (Å²) in [6, 6.07) is 0. The van der Waals surface area contributed by atoms with E-state index in [-0.39, 0.29) is 19.4 Å². The molecule has 0 aromatic rings. The van der Waals surface area contributed by atoms with E-state index in [9.17, 15) is 37.9 Å². The molecular weight excluding hydrogens is 741 g/mol. The Hall–Kier alpha value is -2.39. The highest BCUT2D eigenvalue weighted by Gasteiger charge is 2.46. The number of hydrogen-bond acceptors (Lipinski definition) is 11. The van der Waals surface area contributed by atoms with E-state index in [4.69, 9.17) is 18.9 Å². The number of allylic oxidation sites excluding steroid dienone is 8. The van der Waals surface area contributed by atoms with Crippen LogP contribution in [-0.2, 0) is 38.7 Å². The molecular formula is C43H74O12S. The molecule has 1 aliphatic rings. The van der Waals surface area contributed by atoms with E-state index in [2.05, 4.69) is 62.5 Å². The van der Waals surface area contributed by atoms with Crippen molar-refractivity contribution in [3.63, 3.8) is 0 Å². The van der Waals surface area contributed by atoms with Crippen LogP contribution in [0, 0.1) is 0 Å². The highest BCUT2D eigenvalue weighted by atomic mass is 32.2. The molecule has 0 radical (unpaired) electrons. The van der Waals surface area contributed by atoms with Crippen LogP contribution in [0.3, 0.4) is 0 Å². The number of carbonyl (C=O) groups is 2. The van der Waals surface area contributed by atoms with E-state index < -0.39 is 71.2 Å². The molecule has 13 heteroatoms. The Morgan fingerprint density at radius 2 is 1.11 bits per heavy atom. The van der Waals surface area contributed by atoms with Crippen LogP contribution in [0.4, 0.5) is 0 Å². The SMILES string of the molecule is CCC/C=C/C/C=C/C/C=C/C/C=C/CCCCCC(=O)O[C@H](COC(=O)CCCCCCCCCCCCC)CO[C@H]1O[C@H](CS(=O)(=O)O)[C@@H](O)C(O)C1O. The van der Waals surface area contributed by atoms with Crippen LogP contribution in [0.2, 0.25) is 0 Å². The fourth-order valence-electron chi connectivity index (χ4n) is 6.08. The van der Waals surface area contributed by atoms with Crippen LogP contribution >= 0.6 is 0 Å². The number of hydrogen-bond donors (Lipinski definition) is 4. The van der Waals surface area contributed by atoms with Gasteiger partial charge in [0, 0.05) is 12.8 Å². The first kappa shape index (κ1) is 51.6. The monoisotopic (exact) mass is 814 g/mol. The maximum atomic E-state index is 12.8. The van der Waals surface area contributed by atoms with Crippen molar-refractivity contribution in [2.45, 2.75) is 192 Å². The predicted molar refractivity (Wildman–Crippen MR) is 219 cm³/mol. The summed E-state index contributed by atoms with van der Waals surface area (Å²) < 4.78 is 53.9. The third kappa shape index (κ3) is 28.1. The van der Waals surface area contributed by atoms with E-state index in [0.717, 1.165) is 64.2 Å². The van der Waals surface area contributed by atoms with Crippen LogP contribution in [0.15, 0.2) is 48.6 Å². The summed E-state index contributed by atoms with van der Waals surface area (Å²) in [5.74, 6) is -2.03. The van der Waals surface area contributed by atoms with Gasteiger partial charge in [0.05, 0.1) is 6.61 Å². The van der Waals surface area contributed by atoms with E-state index in [1.54, 1.807) is 0 Å². The summed E-state index contributed by atoms with van der Waals surface area (Å²) in [7, 11) is -4.60. The summed E-state index contributed by atoms with van der Waals surface area (Å²) in [4.78, 5) is 25.3. The fourth-order valence-corrected chi connectivity index (χ4v) is 6.77. The molecule has 4 N–H and O–H groups in total. The number of esters is 2. The van der Waals surface area contributed by atoms with Crippen molar-refractivity contribution in [3.05, 3.63) is 48.6 Å². The summed E-state index contributed by atoms with van der Waals surface area (Å²) in [6.07, 6.45) is 28.8. The zero-order chi connectivity index (χ0) is 41.3. The molecule has 324 valence electrons. The van der Waals surface area contributed by atoms with Crippen molar-refractivity contribution in [2.75, 3.05) is 19.0 Å². The van der Waals surface area contributed by atoms with Gasteiger partial charge < -0.3 is 34.3 Å². The maximum Gasteiger partial charge on any atom is 0.306 e. The lowest BCUT2D eigenvalue weighted by molar-refractivity contribution is -0.297. The van der Waals surface area contributed by atoms with Crippen LogP contribution in [0.25, 0.3) is 0 Å². The largest absolute Gasteiger partial charge is 0.462 e. The first-order valence-corrected chi connectivity index (χ1v) is 22.8. The molecule has 6 atom stereocenters. The molecule has 1 saturated heterocycles. The van der Waals surface area contributed by atoms with Crippen molar-refractivity contribution in [3.8, 4) is 0 Å². The number of aliphatic hydroxyl groups is 3. The van der Waals surface area contributed by atoms with E-state index in [1.165, 1.54) is 51.4 Å². The smallest absolute Gasteiger partial charge is 0.306 e. The zero-order valence-corrected chi connectivity index (χ0v) is 35.0. The Balaban J connectivity index is 2.51. The average molecular weight is 815 g/mol. The molecule has 0 aromatic heterocycles. The maximum absolute atomic E-state index is 12.8. The number of aliphatic hydroxyl groups excluding tert-OH is 3. The first-order chi connectivity index (χ1) is 27.0. The van der Waals surface area contributed by atoms with Gasteiger partial charge in [0.25, 0.3) is 10.1 Å². The Morgan fingerprint density at radius 3 is 1.66 bits per heavy atom. The molecule has 0 aliphatic carbocycles. The van der Waals surface area contributed by atoms with Crippen molar-refractivity contribution < 1.29 is 56.8 Å². The Bertz CT molecular complexity index is 1230. The molecule has 2 unspecified atom stereocenters. The third-order valence-electron chi connectivity index (χ3n) is 9.39. The molecule has 1 heterocycles. The predicted octanol–water partition coefficient (Wildman–Crippen LogP) is 8.00. The number of carbonyl (C=O) groups excluding carboxylic acids is 2. The van der Waals surface area contributed by atoms with Crippen LogP contribution in [0.1, 0.15) is 155 Å². The molecule has 1 fully saturated rings. The van der Waals surface area contributed by atoms with Gasteiger partial charge in [0.2, 0.25) is 0 Å². The van der Waals surface area contributed by atoms with Gasteiger partial charge in [-0.1, -0.05) is 140 Å². The van der Waals surface area contributed by atoms with Gasteiger partial charge in [-0.25, -0.2) is 0 Å². The topological polar surface area (TPSA) is 186 Å². The molecule has 0 spiro atoms.